The van der Waals surface area contributed by atoms with Crippen molar-refractivity contribution in [3.63, 3.8) is 0 Å². The van der Waals surface area contributed by atoms with Crippen molar-refractivity contribution in [1.29, 1.82) is 0 Å². The van der Waals surface area contributed by atoms with Crippen LogP contribution in [0.25, 0.3) is 0 Å². The van der Waals surface area contributed by atoms with Gasteiger partial charge in [0.05, 0.1) is 0 Å². The van der Waals surface area contributed by atoms with Gasteiger partial charge in [-0.15, -0.1) is 0 Å². The summed E-state index contributed by atoms with van der Waals surface area (Å²) < 4.78 is 12.1. The number of fused-ring (bicyclic) bond motifs is 1. The van der Waals surface area contributed by atoms with Crippen LogP contribution in [-0.4, -0.2) is 21.7 Å². The van der Waals surface area contributed by atoms with E-state index in [9.17, 15) is 0 Å². The standard InChI is InChI=1S/C14H12O2Se/c1-2-4-12(5-3-1)17-9-11-6-7-13-14(8-11)16-10-15-13/h1-8H,9-10H2. The van der Waals surface area contributed by atoms with E-state index in [-0.39, 0.29) is 0 Å². The van der Waals surface area contributed by atoms with E-state index in [1.807, 2.05) is 6.07 Å². The molecule has 0 bridgehead atoms. The first-order chi connectivity index (χ1) is 8.42. The molecule has 1 heterocycles. The molecule has 0 N–H and O–H groups in total. The second-order valence-electron chi connectivity index (χ2n) is 3.79. The zero-order valence-corrected chi connectivity index (χ0v) is 11.0. The Labute approximate surface area is 107 Å². The molecule has 2 aromatic carbocycles. The molecule has 86 valence electrons. The summed E-state index contributed by atoms with van der Waals surface area (Å²) in [5, 5.41) is 1.09. The molecule has 3 rings (SSSR count). The second kappa shape index (κ2) is 4.82. The Bertz CT molecular complexity index is 511. The van der Waals surface area contributed by atoms with Crippen molar-refractivity contribution in [3.8, 4) is 11.5 Å². The molecule has 0 spiro atoms. The third-order valence-electron chi connectivity index (χ3n) is 2.59. The van der Waals surface area contributed by atoms with Gasteiger partial charge >= 0.3 is 107 Å². The zero-order chi connectivity index (χ0) is 11.5. The van der Waals surface area contributed by atoms with Crippen LogP contribution < -0.4 is 13.9 Å². The third-order valence-corrected chi connectivity index (χ3v) is 4.86. The van der Waals surface area contributed by atoms with E-state index in [1.54, 1.807) is 0 Å². The molecule has 0 radical (unpaired) electrons. The summed E-state index contributed by atoms with van der Waals surface area (Å²) in [4.78, 5) is 0. The molecule has 1 aliphatic rings. The summed E-state index contributed by atoms with van der Waals surface area (Å²) in [6, 6.07) is 16.8. The maximum atomic E-state index is 5.38. The van der Waals surface area contributed by atoms with Crippen LogP contribution >= 0.6 is 0 Å². The number of benzene rings is 2. The zero-order valence-electron chi connectivity index (χ0n) is 9.26. The van der Waals surface area contributed by atoms with Gasteiger partial charge in [0.1, 0.15) is 0 Å². The summed E-state index contributed by atoms with van der Waals surface area (Å²) in [6.07, 6.45) is 0. The van der Waals surface area contributed by atoms with Crippen LogP contribution in [0.15, 0.2) is 48.5 Å². The van der Waals surface area contributed by atoms with Crippen LogP contribution in [0.4, 0.5) is 0 Å². The van der Waals surface area contributed by atoms with Gasteiger partial charge < -0.3 is 0 Å². The molecule has 0 aromatic heterocycles. The topological polar surface area (TPSA) is 18.5 Å². The Kier molecular flexibility index (Phi) is 3.03. The number of rotatable bonds is 3. The van der Waals surface area contributed by atoms with E-state index >= 15 is 0 Å². The van der Waals surface area contributed by atoms with Crippen LogP contribution in [0, 0.1) is 0 Å². The summed E-state index contributed by atoms with van der Waals surface area (Å²) in [5.41, 5.74) is 1.32. The van der Waals surface area contributed by atoms with E-state index in [2.05, 4.69) is 42.5 Å². The molecule has 0 atom stereocenters. The molecule has 17 heavy (non-hydrogen) atoms. The van der Waals surface area contributed by atoms with E-state index in [0.717, 1.165) is 16.8 Å². The van der Waals surface area contributed by atoms with E-state index in [1.165, 1.54) is 10.0 Å². The first-order valence-corrected chi connectivity index (χ1v) is 7.55. The number of hydrogen-bond donors (Lipinski definition) is 0. The van der Waals surface area contributed by atoms with E-state index < -0.39 is 0 Å². The summed E-state index contributed by atoms with van der Waals surface area (Å²) in [7, 11) is 0. The molecular formula is C14H12O2Se. The Hall–Kier alpha value is -1.44. The Morgan fingerprint density at radius 1 is 0.941 bits per heavy atom. The van der Waals surface area contributed by atoms with Crippen LogP contribution in [0.5, 0.6) is 11.5 Å². The van der Waals surface area contributed by atoms with Gasteiger partial charge in [-0.25, -0.2) is 0 Å². The SMILES string of the molecule is c1ccc([Se]Cc2ccc3c(c2)OCO3)cc1. The Morgan fingerprint density at radius 3 is 2.65 bits per heavy atom. The van der Waals surface area contributed by atoms with Gasteiger partial charge in [-0.2, -0.15) is 0 Å². The van der Waals surface area contributed by atoms with Crippen LogP contribution in [0.3, 0.4) is 0 Å². The van der Waals surface area contributed by atoms with Gasteiger partial charge in [-0.05, 0) is 0 Å². The van der Waals surface area contributed by atoms with Crippen molar-refractivity contribution in [2.45, 2.75) is 5.32 Å². The molecule has 0 amide bonds. The Balaban J connectivity index is 1.70. The van der Waals surface area contributed by atoms with Crippen molar-refractivity contribution in [2.75, 3.05) is 6.79 Å². The fraction of sp³-hybridized carbons (Fsp3) is 0.143. The molecule has 0 saturated heterocycles. The fourth-order valence-electron chi connectivity index (χ4n) is 1.71. The maximum absolute atomic E-state index is 5.38. The van der Waals surface area contributed by atoms with Crippen LogP contribution in [-0.2, 0) is 5.32 Å². The van der Waals surface area contributed by atoms with Gasteiger partial charge in [0.25, 0.3) is 0 Å². The van der Waals surface area contributed by atoms with E-state index in [4.69, 9.17) is 9.47 Å². The monoisotopic (exact) mass is 292 g/mol. The molecule has 2 nitrogen and oxygen atoms in total. The molecule has 0 saturated carbocycles. The first-order valence-electron chi connectivity index (χ1n) is 5.48. The predicted molar refractivity (Wildman–Crippen MR) is 68.1 cm³/mol. The van der Waals surface area contributed by atoms with Crippen molar-refractivity contribution in [1.82, 2.24) is 0 Å². The van der Waals surface area contributed by atoms with Crippen LogP contribution in [0.2, 0.25) is 0 Å². The molecular weight excluding hydrogens is 279 g/mol. The van der Waals surface area contributed by atoms with Crippen LogP contribution in [0.1, 0.15) is 5.56 Å². The number of hydrogen-bond acceptors (Lipinski definition) is 2. The molecule has 0 unspecified atom stereocenters. The minimum absolute atomic E-state index is 0.350. The molecule has 0 aliphatic carbocycles. The fourth-order valence-corrected chi connectivity index (χ4v) is 3.52. The number of ether oxygens (including phenoxy) is 2. The normalized spacial score (nSPS) is 12.7. The summed E-state index contributed by atoms with van der Waals surface area (Å²) >= 11 is 0.481. The molecule has 1 aliphatic heterocycles. The molecule has 3 heteroatoms. The van der Waals surface area contributed by atoms with Gasteiger partial charge in [-0.1, -0.05) is 0 Å². The summed E-state index contributed by atoms with van der Waals surface area (Å²) in [5.74, 6) is 1.74. The summed E-state index contributed by atoms with van der Waals surface area (Å²) in [6.45, 7) is 0.350. The van der Waals surface area contributed by atoms with Gasteiger partial charge in [0.15, 0.2) is 0 Å². The average molecular weight is 291 g/mol. The van der Waals surface area contributed by atoms with Gasteiger partial charge in [-0.3, -0.25) is 0 Å². The molecule has 0 fully saturated rings. The van der Waals surface area contributed by atoms with Crippen molar-refractivity contribution < 1.29 is 9.47 Å². The Morgan fingerprint density at radius 2 is 1.76 bits per heavy atom. The quantitative estimate of drug-likeness (QED) is 0.805. The van der Waals surface area contributed by atoms with Crippen molar-refractivity contribution >= 4 is 19.4 Å². The first kappa shape index (κ1) is 10.7. The van der Waals surface area contributed by atoms with Gasteiger partial charge in [0.2, 0.25) is 0 Å². The average Bonchev–Trinajstić information content (AvgIpc) is 2.85. The molecule has 2 aromatic rings. The van der Waals surface area contributed by atoms with Crippen molar-refractivity contribution in [3.05, 3.63) is 54.1 Å². The van der Waals surface area contributed by atoms with E-state index in [0.29, 0.717) is 21.7 Å². The van der Waals surface area contributed by atoms with Gasteiger partial charge in [0, 0.05) is 0 Å². The predicted octanol–water partition coefficient (Wildman–Crippen LogP) is 1.94. The van der Waals surface area contributed by atoms with Crippen molar-refractivity contribution in [2.24, 2.45) is 0 Å². The minimum atomic E-state index is 0.350. The third kappa shape index (κ3) is 2.46. The second-order valence-corrected chi connectivity index (χ2v) is 5.99.